The first-order valence-electron chi connectivity index (χ1n) is 9.68. The van der Waals surface area contributed by atoms with E-state index >= 15 is 0 Å². The van der Waals surface area contributed by atoms with E-state index in [0.717, 1.165) is 31.7 Å². The van der Waals surface area contributed by atoms with Gasteiger partial charge in [-0.2, -0.15) is 13.2 Å². The van der Waals surface area contributed by atoms with Crippen LogP contribution >= 0.6 is 0 Å². The summed E-state index contributed by atoms with van der Waals surface area (Å²) >= 11 is 0. The molecule has 0 saturated heterocycles. The van der Waals surface area contributed by atoms with Crippen molar-refractivity contribution in [1.29, 1.82) is 0 Å². The molecule has 2 aliphatic carbocycles. The predicted molar refractivity (Wildman–Crippen MR) is 102 cm³/mol. The molecule has 1 N–H and O–H groups in total. The van der Waals surface area contributed by atoms with E-state index < -0.39 is 11.9 Å². The van der Waals surface area contributed by atoms with Crippen molar-refractivity contribution in [2.75, 3.05) is 5.32 Å². The van der Waals surface area contributed by atoms with Crippen molar-refractivity contribution < 1.29 is 18.0 Å². The van der Waals surface area contributed by atoms with Crippen LogP contribution in [0.5, 0.6) is 0 Å². The van der Waals surface area contributed by atoms with Gasteiger partial charge in [-0.15, -0.1) is 0 Å². The standard InChI is InChI=1S/C19H23F3N4O.CH4/c20-19(21,22)15-10-9-14-17(24-15)26(13-6-3-7-13)18(23-14)25-16(27)11-8-12-4-1-2-5-12;/h9-10,12-13H,1-8,11H2,(H,23,25,27);1H4. The molecule has 0 aliphatic heterocycles. The number of alkyl halides is 3. The minimum absolute atomic E-state index is 0. The van der Waals surface area contributed by atoms with Gasteiger partial charge >= 0.3 is 6.18 Å². The van der Waals surface area contributed by atoms with Crippen molar-refractivity contribution in [3.05, 3.63) is 17.8 Å². The van der Waals surface area contributed by atoms with Gasteiger partial charge in [0, 0.05) is 12.5 Å². The van der Waals surface area contributed by atoms with Crippen LogP contribution in [0.2, 0.25) is 0 Å². The molecule has 2 saturated carbocycles. The minimum atomic E-state index is -4.51. The summed E-state index contributed by atoms with van der Waals surface area (Å²) in [6.07, 6.45) is 4.31. The van der Waals surface area contributed by atoms with Crippen LogP contribution in [0.4, 0.5) is 19.1 Å². The van der Waals surface area contributed by atoms with Crippen molar-refractivity contribution in [1.82, 2.24) is 14.5 Å². The average Bonchev–Trinajstić information content (AvgIpc) is 3.19. The van der Waals surface area contributed by atoms with Crippen LogP contribution in [-0.2, 0) is 11.0 Å². The summed E-state index contributed by atoms with van der Waals surface area (Å²) in [6.45, 7) is 0. The van der Waals surface area contributed by atoms with Crippen molar-refractivity contribution in [2.24, 2.45) is 5.92 Å². The van der Waals surface area contributed by atoms with Crippen LogP contribution in [-0.4, -0.2) is 20.4 Å². The molecule has 0 spiro atoms. The van der Waals surface area contributed by atoms with Crippen LogP contribution in [0.15, 0.2) is 12.1 Å². The van der Waals surface area contributed by atoms with Crippen molar-refractivity contribution in [2.45, 2.75) is 77.4 Å². The monoisotopic (exact) mass is 396 g/mol. The lowest BCUT2D eigenvalue weighted by molar-refractivity contribution is -0.141. The second kappa shape index (κ2) is 8.09. The number of hydrogen-bond donors (Lipinski definition) is 1. The lowest BCUT2D eigenvalue weighted by atomic mass is 9.93. The van der Waals surface area contributed by atoms with Crippen LogP contribution < -0.4 is 5.32 Å². The summed E-state index contributed by atoms with van der Waals surface area (Å²) in [4.78, 5) is 20.6. The summed E-state index contributed by atoms with van der Waals surface area (Å²) in [5.41, 5.74) is -0.365. The van der Waals surface area contributed by atoms with Crippen LogP contribution in [0.25, 0.3) is 11.2 Å². The molecule has 0 bridgehead atoms. The zero-order valence-corrected chi connectivity index (χ0v) is 15.1. The Balaban J connectivity index is 0.00000225. The maximum absolute atomic E-state index is 13.0. The van der Waals surface area contributed by atoms with E-state index in [1.54, 1.807) is 4.57 Å². The number of carbonyl (C=O) groups excluding carboxylic acids is 1. The zero-order chi connectivity index (χ0) is 19.0. The fourth-order valence-corrected chi connectivity index (χ4v) is 4.03. The summed E-state index contributed by atoms with van der Waals surface area (Å²) < 4.78 is 40.8. The molecule has 5 nitrogen and oxygen atoms in total. The Morgan fingerprint density at radius 3 is 2.43 bits per heavy atom. The van der Waals surface area contributed by atoms with Crippen LogP contribution in [0.1, 0.15) is 76.9 Å². The third-order valence-electron chi connectivity index (χ3n) is 5.77. The molecule has 154 valence electrons. The Bertz CT molecular complexity index is 836. The predicted octanol–water partition coefficient (Wildman–Crippen LogP) is 5.72. The largest absolute Gasteiger partial charge is 0.433 e. The lowest BCUT2D eigenvalue weighted by Gasteiger charge is -2.28. The van der Waals surface area contributed by atoms with Crippen molar-refractivity contribution in [3.8, 4) is 0 Å². The average molecular weight is 396 g/mol. The number of carbonyl (C=O) groups is 1. The topological polar surface area (TPSA) is 59.8 Å². The summed E-state index contributed by atoms with van der Waals surface area (Å²) in [5, 5.41) is 2.82. The van der Waals surface area contributed by atoms with Crippen LogP contribution in [0.3, 0.4) is 0 Å². The second-order valence-electron chi connectivity index (χ2n) is 7.66. The fraction of sp³-hybridized carbons (Fsp3) is 0.650. The third-order valence-corrected chi connectivity index (χ3v) is 5.77. The van der Waals surface area contributed by atoms with Crippen molar-refractivity contribution >= 4 is 23.0 Å². The van der Waals surface area contributed by atoms with Gasteiger partial charge in [-0.05, 0) is 43.7 Å². The number of fused-ring (bicyclic) bond motifs is 1. The summed E-state index contributed by atoms with van der Waals surface area (Å²) in [6, 6.07) is 2.30. The molecule has 2 heterocycles. The summed E-state index contributed by atoms with van der Waals surface area (Å²) in [5.74, 6) is 0.795. The Morgan fingerprint density at radius 2 is 1.82 bits per heavy atom. The summed E-state index contributed by atoms with van der Waals surface area (Å²) in [7, 11) is 0. The molecule has 2 aromatic rings. The number of hydrogen-bond acceptors (Lipinski definition) is 3. The minimum Gasteiger partial charge on any atom is -0.296 e. The number of aromatic nitrogens is 3. The van der Waals surface area contributed by atoms with Gasteiger partial charge < -0.3 is 0 Å². The second-order valence-corrected chi connectivity index (χ2v) is 7.66. The first-order valence-corrected chi connectivity index (χ1v) is 9.68. The Morgan fingerprint density at radius 1 is 1.11 bits per heavy atom. The number of amides is 1. The molecule has 8 heteroatoms. The number of halogens is 3. The van der Waals surface area contributed by atoms with E-state index in [1.807, 2.05) is 0 Å². The molecule has 0 atom stereocenters. The number of rotatable bonds is 5. The van der Waals surface area contributed by atoms with Gasteiger partial charge in [0.25, 0.3) is 0 Å². The number of imidazole rings is 1. The van der Waals surface area contributed by atoms with Gasteiger partial charge in [-0.1, -0.05) is 33.1 Å². The zero-order valence-electron chi connectivity index (χ0n) is 15.1. The molecule has 4 rings (SSSR count). The maximum atomic E-state index is 13.0. The highest BCUT2D eigenvalue weighted by Gasteiger charge is 2.34. The van der Waals surface area contributed by atoms with E-state index in [4.69, 9.17) is 0 Å². The Hall–Kier alpha value is -2.12. The van der Waals surface area contributed by atoms with Gasteiger partial charge in [-0.25, -0.2) is 9.97 Å². The fourth-order valence-electron chi connectivity index (χ4n) is 4.03. The quantitative estimate of drug-likeness (QED) is 0.703. The van der Waals surface area contributed by atoms with E-state index in [1.165, 1.54) is 31.7 Å². The van der Waals surface area contributed by atoms with Crippen molar-refractivity contribution in [3.63, 3.8) is 0 Å². The van der Waals surface area contributed by atoms with E-state index in [9.17, 15) is 18.0 Å². The molecule has 1 amide bonds. The molecule has 0 radical (unpaired) electrons. The Kier molecular flexibility index (Phi) is 5.95. The molecule has 0 aromatic carbocycles. The lowest BCUT2D eigenvalue weighted by Crippen LogP contribution is -2.22. The molecule has 28 heavy (non-hydrogen) atoms. The number of pyridine rings is 1. The SMILES string of the molecule is C.O=C(CCC1CCCC1)Nc1nc2ccc(C(F)(F)F)nc2n1C1CCC1. The number of nitrogens with zero attached hydrogens (tertiary/aromatic N) is 3. The molecule has 2 aliphatic rings. The molecular formula is C20H27F3N4O. The normalized spacial score (nSPS) is 18.1. The highest BCUT2D eigenvalue weighted by molar-refractivity contribution is 5.91. The maximum Gasteiger partial charge on any atom is 0.433 e. The Labute approximate surface area is 162 Å². The van der Waals surface area contributed by atoms with E-state index in [-0.39, 0.29) is 25.0 Å². The first kappa shape index (κ1) is 20.6. The molecule has 2 fully saturated rings. The van der Waals surface area contributed by atoms with Gasteiger partial charge in [0.1, 0.15) is 11.2 Å². The third kappa shape index (κ3) is 4.15. The number of nitrogens with one attached hydrogen (secondary N) is 1. The molecule has 2 aromatic heterocycles. The highest BCUT2D eigenvalue weighted by Crippen LogP contribution is 2.38. The molecule has 0 unspecified atom stereocenters. The molecular weight excluding hydrogens is 369 g/mol. The number of anilines is 1. The van der Waals surface area contributed by atoms with Gasteiger partial charge in [0.2, 0.25) is 11.9 Å². The van der Waals surface area contributed by atoms with Gasteiger partial charge in [-0.3, -0.25) is 14.7 Å². The smallest absolute Gasteiger partial charge is 0.296 e. The first-order chi connectivity index (χ1) is 12.9. The van der Waals surface area contributed by atoms with E-state index in [2.05, 4.69) is 15.3 Å². The van der Waals surface area contributed by atoms with E-state index in [0.29, 0.717) is 23.8 Å². The van der Waals surface area contributed by atoms with Gasteiger partial charge in [0.05, 0.1) is 0 Å². The highest BCUT2D eigenvalue weighted by atomic mass is 19.4. The van der Waals surface area contributed by atoms with Gasteiger partial charge in [0.15, 0.2) is 5.65 Å². The van der Waals surface area contributed by atoms with Crippen LogP contribution in [0, 0.1) is 5.92 Å².